The molecule has 8 heteroatoms. The largest absolute Gasteiger partial charge is 0.480 e. The first-order chi connectivity index (χ1) is 10.5. The lowest BCUT2D eigenvalue weighted by Gasteiger charge is -2.37. The number of hydrogen-bond acceptors (Lipinski definition) is 7. The molecule has 0 aromatic carbocycles. The van der Waals surface area contributed by atoms with E-state index in [0.717, 1.165) is 12.1 Å². The van der Waals surface area contributed by atoms with Crippen molar-refractivity contribution in [2.45, 2.75) is 13.0 Å². The van der Waals surface area contributed by atoms with Gasteiger partial charge in [-0.1, -0.05) is 5.16 Å². The van der Waals surface area contributed by atoms with Crippen molar-refractivity contribution in [2.24, 2.45) is 0 Å². The van der Waals surface area contributed by atoms with Crippen molar-refractivity contribution in [3.63, 3.8) is 0 Å². The summed E-state index contributed by atoms with van der Waals surface area (Å²) in [5, 5.41) is 13.1. The van der Waals surface area contributed by atoms with Crippen molar-refractivity contribution < 1.29 is 14.4 Å². The van der Waals surface area contributed by atoms with E-state index in [2.05, 4.69) is 15.1 Å². The molecule has 22 heavy (non-hydrogen) atoms. The number of carboxylic acids is 1. The Kier molecular flexibility index (Phi) is 3.76. The van der Waals surface area contributed by atoms with Crippen LogP contribution in [0.2, 0.25) is 0 Å². The molecule has 0 aliphatic carbocycles. The molecule has 3 heterocycles. The first-order valence-corrected chi connectivity index (χ1v) is 6.99. The van der Waals surface area contributed by atoms with Crippen LogP contribution in [0.15, 0.2) is 22.9 Å². The minimum atomic E-state index is -0.823. The quantitative estimate of drug-likeness (QED) is 0.883. The third kappa shape index (κ3) is 2.77. The molecular formula is C14H17N5O3. The molecule has 116 valence electrons. The van der Waals surface area contributed by atoms with E-state index < -0.39 is 12.0 Å². The van der Waals surface area contributed by atoms with Gasteiger partial charge in [-0.25, -0.2) is 4.98 Å². The topological polar surface area (TPSA) is 95.6 Å². The first kappa shape index (κ1) is 14.5. The van der Waals surface area contributed by atoms with Gasteiger partial charge in [-0.15, -0.1) is 0 Å². The highest BCUT2D eigenvalue weighted by Crippen LogP contribution is 2.23. The number of aromatic nitrogens is 3. The monoisotopic (exact) mass is 303 g/mol. The van der Waals surface area contributed by atoms with Gasteiger partial charge in [0, 0.05) is 31.4 Å². The van der Waals surface area contributed by atoms with E-state index in [0.29, 0.717) is 30.6 Å². The van der Waals surface area contributed by atoms with E-state index in [9.17, 15) is 9.90 Å². The fourth-order valence-corrected chi connectivity index (χ4v) is 2.49. The lowest BCUT2D eigenvalue weighted by Crippen LogP contribution is -2.55. The van der Waals surface area contributed by atoms with Crippen LogP contribution in [0.3, 0.4) is 0 Å². The second kappa shape index (κ2) is 5.72. The van der Waals surface area contributed by atoms with Crippen molar-refractivity contribution in [3.8, 4) is 11.5 Å². The minimum absolute atomic E-state index is 0.394. The van der Waals surface area contributed by atoms with E-state index in [-0.39, 0.29) is 0 Å². The summed E-state index contributed by atoms with van der Waals surface area (Å²) in [6, 6.07) is 3.10. The van der Waals surface area contributed by atoms with Crippen molar-refractivity contribution in [1.29, 1.82) is 0 Å². The van der Waals surface area contributed by atoms with Crippen LogP contribution in [0.1, 0.15) is 5.82 Å². The molecule has 8 nitrogen and oxygen atoms in total. The highest BCUT2D eigenvalue weighted by atomic mass is 16.5. The third-order valence-corrected chi connectivity index (χ3v) is 3.78. The Morgan fingerprint density at radius 2 is 2.27 bits per heavy atom. The summed E-state index contributed by atoms with van der Waals surface area (Å²) in [5.74, 6) is 0.896. The number of hydrogen-bond donors (Lipinski definition) is 1. The van der Waals surface area contributed by atoms with Gasteiger partial charge in [-0.2, -0.15) is 4.98 Å². The number of carboxylic acid groups (broad SMARTS) is 1. The molecule has 1 saturated heterocycles. The smallest absolute Gasteiger partial charge is 0.322 e. The number of aryl methyl sites for hydroxylation is 1. The molecule has 2 aromatic heterocycles. The van der Waals surface area contributed by atoms with Gasteiger partial charge < -0.3 is 14.5 Å². The number of anilines is 1. The maximum Gasteiger partial charge on any atom is 0.322 e. The van der Waals surface area contributed by atoms with Gasteiger partial charge in [0.15, 0.2) is 5.82 Å². The molecule has 3 rings (SSSR count). The zero-order chi connectivity index (χ0) is 15.7. The number of carbonyl (C=O) groups is 1. The fraction of sp³-hybridized carbons (Fsp3) is 0.429. The van der Waals surface area contributed by atoms with Crippen molar-refractivity contribution in [2.75, 3.05) is 31.6 Å². The van der Waals surface area contributed by atoms with Gasteiger partial charge >= 0.3 is 5.97 Å². The molecule has 0 spiro atoms. The molecule has 1 aliphatic heterocycles. The van der Waals surface area contributed by atoms with E-state index in [4.69, 9.17) is 4.52 Å². The van der Waals surface area contributed by atoms with E-state index >= 15 is 0 Å². The predicted molar refractivity (Wildman–Crippen MR) is 78.5 cm³/mol. The van der Waals surface area contributed by atoms with Crippen LogP contribution in [0.25, 0.3) is 11.5 Å². The molecule has 1 fully saturated rings. The highest BCUT2D eigenvalue weighted by molar-refractivity contribution is 5.75. The lowest BCUT2D eigenvalue weighted by molar-refractivity contribution is -0.142. The summed E-state index contributed by atoms with van der Waals surface area (Å²) in [6.07, 6.45) is 1.66. The molecule has 0 saturated carbocycles. The Morgan fingerprint density at radius 1 is 1.45 bits per heavy atom. The van der Waals surface area contributed by atoms with Crippen LogP contribution < -0.4 is 4.90 Å². The summed E-state index contributed by atoms with van der Waals surface area (Å²) in [5.41, 5.74) is 0.774. The van der Waals surface area contributed by atoms with E-state index in [1.54, 1.807) is 19.2 Å². The molecule has 1 atom stereocenters. The highest BCUT2D eigenvalue weighted by Gasteiger charge is 2.30. The average molecular weight is 303 g/mol. The SMILES string of the molecule is Cc1noc(-c2ccnc(N3CCN(C)[C@H](C(=O)O)C3)c2)n1. The van der Waals surface area contributed by atoms with E-state index in [1.807, 2.05) is 22.9 Å². The summed E-state index contributed by atoms with van der Waals surface area (Å²) < 4.78 is 5.16. The summed E-state index contributed by atoms with van der Waals surface area (Å²) in [7, 11) is 1.82. The summed E-state index contributed by atoms with van der Waals surface area (Å²) in [4.78, 5) is 23.6. The Labute approximate surface area is 127 Å². The second-order valence-electron chi connectivity index (χ2n) is 5.33. The van der Waals surface area contributed by atoms with Crippen LogP contribution >= 0.6 is 0 Å². The molecule has 0 amide bonds. The van der Waals surface area contributed by atoms with Gasteiger partial charge in [0.25, 0.3) is 5.89 Å². The average Bonchev–Trinajstić information content (AvgIpc) is 2.94. The number of rotatable bonds is 3. The zero-order valence-electron chi connectivity index (χ0n) is 12.4. The summed E-state index contributed by atoms with van der Waals surface area (Å²) in [6.45, 7) is 3.54. The Balaban J connectivity index is 1.84. The lowest BCUT2D eigenvalue weighted by atomic mass is 10.1. The van der Waals surface area contributed by atoms with Crippen molar-refractivity contribution >= 4 is 11.8 Å². The van der Waals surface area contributed by atoms with Crippen LogP contribution in [-0.2, 0) is 4.79 Å². The molecular weight excluding hydrogens is 286 g/mol. The van der Waals surface area contributed by atoms with Crippen molar-refractivity contribution in [3.05, 3.63) is 24.2 Å². The van der Waals surface area contributed by atoms with Gasteiger partial charge in [0.2, 0.25) is 0 Å². The fourth-order valence-electron chi connectivity index (χ4n) is 2.49. The van der Waals surface area contributed by atoms with Gasteiger partial charge in [0.1, 0.15) is 11.9 Å². The predicted octanol–water partition coefficient (Wildman–Crippen LogP) is 0.645. The third-order valence-electron chi connectivity index (χ3n) is 3.78. The molecule has 0 bridgehead atoms. The molecule has 0 radical (unpaired) electrons. The zero-order valence-corrected chi connectivity index (χ0v) is 12.4. The molecule has 2 aromatic rings. The molecule has 1 aliphatic rings. The number of aliphatic carboxylic acids is 1. The maximum atomic E-state index is 11.3. The van der Waals surface area contributed by atoms with Gasteiger partial charge in [0.05, 0.1) is 0 Å². The van der Waals surface area contributed by atoms with Crippen LogP contribution in [0.5, 0.6) is 0 Å². The minimum Gasteiger partial charge on any atom is -0.480 e. The molecule has 1 N–H and O–H groups in total. The first-order valence-electron chi connectivity index (χ1n) is 6.99. The number of likely N-dealkylation sites (N-methyl/N-ethyl adjacent to an activating group) is 1. The second-order valence-corrected chi connectivity index (χ2v) is 5.33. The normalized spacial score (nSPS) is 19.4. The Morgan fingerprint density at radius 3 is 2.95 bits per heavy atom. The number of pyridine rings is 1. The summed E-state index contributed by atoms with van der Waals surface area (Å²) >= 11 is 0. The molecule has 0 unspecified atom stereocenters. The maximum absolute atomic E-state index is 11.3. The standard InChI is InChI=1S/C14H17N5O3/c1-9-16-13(22-17-9)10-3-4-15-12(7-10)19-6-5-18(2)11(8-19)14(20)21/h3-4,7,11H,5-6,8H2,1-2H3,(H,20,21)/t11-/m0/s1. The van der Waals surface area contributed by atoms with Crippen LogP contribution in [0.4, 0.5) is 5.82 Å². The number of nitrogens with zero attached hydrogens (tertiary/aromatic N) is 5. The van der Waals surface area contributed by atoms with Crippen LogP contribution in [-0.4, -0.2) is 63.8 Å². The number of piperazine rings is 1. The Hall–Kier alpha value is -2.48. The van der Waals surface area contributed by atoms with Crippen molar-refractivity contribution in [1.82, 2.24) is 20.0 Å². The Bertz CT molecular complexity index is 687. The van der Waals surface area contributed by atoms with Gasteiger partial charge in [-0.3, -0.25) is 9.69 Å². The van der Waals surface area contributed by atoms with E-state index in [1.165, 1.54) is 0 Å². The van der Waals surface area contributed by atoms with Gasteiger partial charge in [-0.05, 0) is 26.1 Å². The van der Waals surface area contributed by atoms with Crippen LogP contribution in [0, 0.1) is 6.92 Å².